The maximum absolute atomic E-state index is 11.6. The van der Waals surface area contributed by atoms with Crippen molar-refractivity contribution in [3.05, 3.63) is 39.4 Å². The molecule has 86 valence electrons. The van der Waals surface area contributed by atoms with E-state index in [0.29, 0.717) is 17.4 Å². The Bertz CT molecular complexity index is 421. The van der Waals surface area contributed by atoms with Gasteiger partial charge < -0.3 is 5.32 Å². The second-order valence-electron chi connectivity index (χ2n) is 3.17. The summed E-state index contributed by atoms with van der Waals surface area (Å²) in [6.45, 7) is 2.04. The molecular formula is C10H11BrN2O3. The summed E-state index contributed by atoms with van der Waals surface area (Å²) in [5, 5.41) is 14.0. The summed E-state index contributed by atoms with van der Waals surface area (Å²) in [5.41, 5.74) is 0.456. The van der Waals surface area contributed by atoms with Gasteiger partial charge in [-0.05, 0) is 13.0 Å². The largest absolute Gasteiger partial charge is 0.351 e. The number of alkyl halides is 1. The third-order valence-electron chi connectivity index (χ3n) is 2.05. The number of amides is 1. The molecule has 0 heterocycles. The fraction of sp³-hybridized carbons (Fsp3) is 0.300. The van der Waals surface area contributed by atoms with Crippen LogP contribution in [0, 0.1) is 17.0 Å². The minimum absolute atomic E-state index is 0.103. The van der Waals surface area contributed by atoms with Crippen molar-refractivity contribution in [3.8, 4) is 0 Å². The molecule has 0 atom stereocenters. The smallest absolute Gasteiger partial charge is 0.285 e. The lowest BCUT2D eigenvalue weighted by Crippen LogP contribution is -2.26. The van der Waals surface area contributed by atoms with Crippen LogP contribution >= 0.6 is 15.9 Å². The maximum Gasteiger partial charge on any atom is 0.285 e. The molecule has 5 nitrogen and oxygen atoms in total. The first-order chi connectivity index (χ1) is 7.57. The Hall–Kier alpha value is -1.43. The van der Waals surface area contributed by atoms with Crippen molar-refractivity contribution in [3.63, 3.8) is 0 Å². The lowest BCUT2D eigenvalue weighted by atomic mass is 10.1. The van der Waals surface area contributed by atoms with Gasteiger partial charge in [-0.1, -0.05) is 28.1 Å². The van der Waals surface area contributed by atoms with Crippen molar-refractivity contribution in [2.75, 3.05) is 11.9 Å². The number of benzene rings is 1. The topological polar surface area (TPSA) is 72.2 Å². The number of carbonyl (C=O) groups is 1. The quantitative estimate of drug-likeness (QED) is 0.523. The number of nitro benzene ring substituents is 1. The van der Waals surface area contributed by atoms with E-state index in [4.69, 9.17) is 0 Å². The van der Waals surface area contributed by atoms with Gasteiger partial charge in [0.1, 0.15) is 5.56 Å². The van der Waals surface area contributed by atoms with Crippen molar-refractivity contribution >= 4 is 27.5 Å². The van der Waals surface area contributed by atoms with E-state index in [2.05, 4.69) is 21.2 Å². The fourth-order valence-electron chi connectivity index (χ4n) is 1.34. The van der Waals surface area contributed by atoms with Crippen LogP contribution in [0.15, 0.2) is 18.2 Å². The number of para-hydroxylation sites is 1. The molecule has 0 saturated carbocycles. The molecule has 0 radical (unpaired) electrons. The first kappa shape index (κ1) is 12.6. The number of nitro groups is 1. The summed E-state index contributed by atoms with van der Waals surface area (Å²) in [5.74, 6) is -0.421. The van der Waals surface area contributed by atoms with Gasteiger partial charge >= 0.3 is 0 Å². The van der Waals surface area contributed by atoms with E-state index >= 15 is 0 Å². The van der Waals surface area contributed by atoms with Gasteiger partial charge in [0, 0.05) is 17.4 Å². The summed E-state index contributed by atoms with van der Waals surface area (Å²) in [4.78, 5) is 22.0. The molecule has 0 unspecified atom stereocenters. The van der Waals surface area contributed by atoms with Crippen LogP contribution in [-0.2, 0) is 0 Å². The average molecular weight is 287 g/mol. The first-order valence-electron chi connectivity index (χ1n) is 4.66. The Morgan fingerprint density at radius 1 is 1.56 bits per heavy atom. The van der Waals surface area contributed by atoms with Gasteiger partial charge in [-0.3, -0.25) is 14.9 Å². The molecule has 16 heavy (non-hydrogen) atoms. The minimum atomic E-state index is -0.529. The Labute approximate surface area is 101 Å². The van der Waals surface area contributed by atoms with E-state index in [1.165, 1.54) is 6.07 Å². The number of nitrogens with zero attached hydrogens (tertiary/aromatic N) is 1. The number of halogens is 1. The van der Waals surface area contributed by atoms with Crippen molar-refractivity contribution in [2.24, 2.45) is 0 Å². The van der Waals surface area contributed by atoms with Gasteiger partial charge in [-0.15, -0.1) is 0 Å². The van der Waals surface area contributed by atoms with Crippen molar-refractivity contribution in [2.45, 2.75) is 6.92 Å². The van der Waals surface area contributed by atoms with Gasteiger partial charge in [0.15, 0.2) is 0 Å². The highest BCUT2D eigenvalue weighted by Gasteiger charge is 2.21. The van der Waals surface area contributed by atoms with E-state index < -0.39 is 10.8 Å². The normalized spacial score (nSPS) is 9.88. The molecular weight excluding hydrogens is 276 g/mol. The molecule has 1 rings (SSSR count). The third kappa shape index (κ3) is 2.79. The molecule has 0 spiro atoms. The van der Waals surface area contributed by atoms with Crippen molar-refractivity contribution in [1.29, 1.82) is 0 Å². The van der Waals surface area contributed by atoms with E-state index in [1.807, 2.05) is 0 Å². The lowest BCUT2D eigenvalue weighted by molar-refractivity contribution is -0.385. The first-order valence-corrected chi connectivity index (χ1v) is 5.78. The van der Waals surface area contributed by atoms with E-state index in [-0.39, 0.29) is 11.3 Å². The van der Waals surface area contributed by atoms with Crippen LogP contribution in [0.25, 0.3) is 0 Å². The number of aryl methyl sites for hydroxylation is 1. The van der Waals surface area contributed by atoms with Gasteiger partial charge in [0.05, 0.1) is 4.92 Å². The molecule has 0 bridgehead atoms. The third-order valence-corrected chi connectivity index (χ3v) is 2.44. The predicted molar refractivity (Wildman–Crippen MR) is 64.0 cm³/mol. The summed E-state index contributed by atoms with van der Waals surface area (Å²) in [6, 6.07) is 4.69. The molecule has 0 fully saturated rings. The van der Waals surface area contributed by atoms with E-state index in [0.717, 1.165) is 0 Å². The Morgan fingerprint density at radius 2 is 2.25 bits per heavy atom. The van der Waals surface area contributed by atoms with Gasteiger partial charge in [0.2, 0.25) is 0 Å². The monoisotopic (exact) mass is 286 g/mol. The van der Waals surface area contributed by atoms with Crippen LogP contribution in [0.3, 0.4) is 0 Å². The van der Waals surface area contributed by atoms with Crippen LogP contribution in [-0.4, -0.2) is 22.7 Å². The lowest BCUT2D eigenvalue weighted by Gasteiger charge is -2.05. The van der Waals surface area contributed by atoms with Gasteiger partial charge in [-0.25, -0.2) is 0 Å². The van der Waals surface area contributed by atoms with E-state index in [9.17, 15) is 14.9 Å². The highest BCUT2D eigenvalue weighted by atomic mass is 79.9. The maximum atomic E-state index is 11.6. The Kier molecular flexibility index (Phi) is 4.42. The summed E-state index contributed by atoms with van der Waals surface area (Å²) in [7, 11) is 0. The summed E-state index contributed by atoms with van der Waals surface area (Å²) in [6.07, 6.45) is 0. The molecule has 1 N–H and O–H groups in total. The van der Waals surface area contributed by atoms with Crippen LogP contribution in [0.2, 0.25) is 0 Å². The number of hydrogen-bond acceptors (Lipinski definition) is 3. The van der Waals surface area contributed by atoms with Gasteiger partial charge in [-0.2, -0.15) is 0 Å². The molecule has 0 aliphatic heterocycles. The molecule has 0 saturated heterocycles. The highest BCUT2D eigenvalue weighted by Crippen LogP contribution is 2.22. The Balaban J connectivity index is 3.08. The fourth-order valence-corrected chi connectivity index (χ4v) is 1.54. The average Bonchev–Trinajstić information content (AvgIpc) is 2.24. The zero-order valence-corrected chi connectivity index (χ0v) is 10.3. The SMILES string of the molecule is Cc1cccc(C(=O)NCCBr)c1[N+](=O)[O-]. The molecule has 6 heteroatoms. The van der Waals surface area contributed by atoms with Crippen molar-refractivity contribution in [1.82, 2.24) is 5.32 Å². The number of nitrogens with one attached hydrogen (secondary N) is 1. The molecule has 1 amide bonds. The zero-order valence-electron chi connectivity index (χ0n) is 8.70. The summed E-state index contributed by atoms with van der Waals surface area (Å²) < 4.78 is 0. The molecule has 1 aromatic carbocycles. The molecule has 1 aromatic rings. The molecule has 0 aromatic heterocycles. The Morgan fingerprint density at radius 3 is 2.81 bits per heavy atom. The number of hydrogen-bond donors (Lipinski definition) is 1. The predicted octanol–water partition coefficient (Wildman–Crippen LogP) is 2.03. The number of rotatable bonds is 4. The van der Waals surface area contributed by atoms with Gasteiger partial charge in [0.25, 0.3) is 11.6 Å². The number of carbonyl (C=O) groups excluding carboxylic acids is 1. The molecule has 0 aliphatic rings. The van der Waals surface area contributed by atoms with Crippen LogP contribution < -0.4 is 5.32 Å². The minimum Gasteiger partial charge on any atom is -0.351 e. The second kappa shape index (κ2) is 5.60. The summed E-state index contributed by atoms with van der Waals surface area (Å²) >= 11 is 3.16. The zero-order chi connectivity index (χ0) is 12.1. The van der Waals surface area contributed by atoms with Crippen LogP contribution in [0.1, 0.15) is 15.9 Å². The standard InChI is InChI=1S/C10H11BrN2O3/c1-7-3-2-4-8(9(7)13(15)16)10(14)12-6-5-11/h2-4H,5-6H2,1H3,(H,12,14). The second-order valence-corrected chi connectivity index (χ2v) is 3.97. The molecule has 0 aliphatic carbocycles. The van der Waals surface area contributed by atoms with Crippen molar-refractivity contribution < 1.29 is 9.72 Å². The van der Waals surface area contributed by atoms with Crippen LogP contribution in [0.4, 0.5) is 5.69 Å². The van der Waals surface area contributed by atoms with Crippen LogP contribution in [0.5, 0.6) is 0 Å². The highest BCUT2D eigenvalue weighted by molar-refractivity contribution is 9.09. The van der Waals surface area contributed by atoms with E-state index in [1.54, 1.807) is 19.1 Å².